The second-order valence-corrected chi connectivity index (χ2v) is 6.29. The molecule has 1 aliphatic heterocycles. The number of anilines is 3. The average molecular weight is 330 g/mol. The van der Waals surface area contributed by atoms with Crippen molar-refractivity contribution in [3.63, 3.8) is 0 Å². The third kappa shape index (κ3) is 3.68. The Balaban J connectivity index is 1.65. The molecule has 2 aromatic rings. The number of amides is 2. The van der Waals surface area contributed by atoms with Gasteiger partial charge in [0.05, 0.1) is 0 Å². The Morgan fingerprint density at radius 1 is 1.22 bits per heavy atom. The van der Waals surface area contributed by atoms with Gasteiger partial charge in [0.2, 0.25) is 11.8 Å². The summed E-state index contributed by atoms with van der Waals surface area (Å²) in [5.41, 5.74) is 1.43. The largest absolute Gasteiger partial charge is 0.336 e. The number of carbonyl (C=O) groups excluding carboxylic acids is 2. The third-order valence-electron chi connectivity index (χ3n) is 3.69. The normalized spacial score (nSPS) is 17.1. The molecule has 0 bridgehead atoms. The molecule has 1 aromatic heterocycles. The van der Waals surface area contributed by atoms with Gasteiger partial charge in [-0.05, 0) is 37.1 Å². The Hall–Kier alpha value is -2.41. The van der Waals surface area contributed by atoms with Crippen LogP contribution in [0.15, 0.2) is 35.8 Å². The highest BCUT2D eigenvalue weighted by molar-refractivity contribution is 7.13. The zero-order valence-corrected chi connectivity index (χ0v) is 13.6. The van der Waals surface area contributed by atoms with Crippen LogP contribution in [0.2, 0.25) is 0 Å². The predicted molar refractivity (Wildman–Crippen MR) is 91.9 cm³/mol. The van der Waals surface area contributed by atoms with E-state index in [0.29, 0.717) is 5.69 Å². The summed E-state index contributed by atoms with van der Waals surface area (Å²) in [6, 6.07) is 6.92. The van der Waals surface area contributed by atoms with Gasteiger partial charge < -0.3 is 15.5 Å². The highest BCUT2D eigenvalue weighted by Gasteiger charge is 2.32. The van der Waals surface area contributed by atoms with Gasteiger partial charge in [0.1, 0.15) is 6.04 Å². The zero-order chi connectivity index (χ0) is 16.2. The van der Waals surface area contributed by atoms with E-state index in [4.69, 9.17) is 0 Å². The lowest BCUT2D eigenvalue weighted by Crippen LogP contribution is -2.39. The van der Waals surface area contributed by atoms with Crippen molar-refractivity contribution in [2.45, 2.75) is 25.8 Å². The van der Waals surface area contributed by atoms with Crippen LogP contribution in [0.4, 0.5) is 16.5 Å². The first kappa shape index (κ1) is 15.5. The maximum Gasteiger partial charge on any atom is 0.247 e. The van der Waals surface area contributed by atoms with E-state index >= 15 is 0 Å². The van der Waals surface area contributed by atoms with Crippen molar-refractivity contribution < 1.29 is 9.59 Å². The molecule has 1 fully saturated rings. The summed E-state index contributed by atoms with van der Waals surface area (Å²) in [5, 5.41) is 8.45. The molecular formula is C16H18N4O2S. The van der Waals surface area contributed by atoms with Gasteiger partial charge in [-0.25, -0.2) is 4.98 Å². The van der Waals surface area contributed by atoms with Crippen molar-refractivity contribution in [2.24, 2.45) is 0 Å². The minimum atomic E-state index is -0.184. The van der Waals surface area contributed by atoms with Crippen molar-refractivity contribution in [3.05, 3.63) is 35.8 Å². The van der Waals surface area contributed by atoms with Crippen LogP contribution in [0.1, 0.15) is 19.8 Å². The minimum Gasteiger partial charge on any atom is -0.336 e. The van der Waals surface area contributed by atoms with Crippen molar-refractivity contribution in [1.29, 1.82) is 0 Å². The molecule has 2 amide bonds. The molecule has 0 saturated carbocycles. The predicted octanol–water partition coefficient (Wildman–Crippen LogP) is 2.71. The fraction of sp³-hybridized carbons (Fsp3) is 0.312. The maximum atomic E-state index is 12.5. The molecule has 0 unspecified atom stereocenters. The van der Waals surface area contributed by atoms with Crippen LogP contribution in [-0.2, 0) is 9.59 Å². The molecule has 1 atom stereocenters. The fourth-order valence-corrected chi connectivity index (χ4v) is 3.41. The summed E-state index contributed by atoms with van der Waals surface area (Å²) in [5.74, 6) is -0.142. The monoisotopic (exact) mass is 330 g/mol. The molecule has 0 radical (unpaired) electrons. The van der Waals surface area contributed by atoms with Crippen molar-refractivity contribution >= 4 is 39.7 Å². The Labute approximate surface area is 138 Å². The van der Waals surface area contributed by atoms with Gasteiger partial charge in [-0.2, -0.15) is 0 Å². The van der Waals surface area contributed by atoms with E-state index in [9.17, 15) is 9.59 Å². The van der Waals surface area contributed by atoms with Crippen LogP contribution in [0, 0.1) is 0 Å². The van der Waals surface area contributed by atoms with E-state index in [1.165, 1.54) is 6.92 Å². The zero-order valence-electron chi connectivity index (χ0n) is 12.8. The van der Waals surface area contributed by atoms with E-state index in [2.05, 4.69) is 20.5 Å². The van der Waals surface area contributed by atoms with Gasteiger partial charge in [0, 0.05) is 36.4 Å². The molecule has 1 saturated heterocycles. The average Bonchev–Trinajstić information content (AvgIpc) is 3.19. The number of aromatic nitrogens is 1. The molecule has 120 valence electrons. The van der Waals surface area contributed by atoms with Crippen molar-refractivity contribution in [1.82, 2.24) is 4.98 Å². The first-order valence-corrected chi connectivity index (χ1v) is 8.36. The number of hydrogen-bond donors (Lipinski definition) is 2. The summed E-state index contributed by atoms with van der Waals surface area (Å²) >= 11 is 1.55. The van der Waals surface area contributed by atoms with E-state index in [0.717, 1.165) is 30.2 Å². The summed E-state index contributed by atoms with van der Waals surface area (Å²) in [6.07, 6.45) is 3.57. The number of nitrogens with one attached hydrogen (secondary N) is 2. The number of rotatable bonds is 4. The third-order valence-corrected chi connectivity index (χ3v) is 4.50. The van der Waals surface area contributed by atoms with Crippen LogP contribution in [-0.4, -0.2) is 29.4 Å². The summed E-state index contributed by atoms with van der Waals surface area (Å²) in [6.45, 7) is 2.32. The lowest BCUT2D eigenvalue weighted by atomic mass is 10.2. The van der Waals surface area contributed by atoms with Gasteiger partial charge in [0.25, 0.3) is 0 Å². The molecule has 7 heteroatoms. The Bertz CT molecular complexity index is 685. The second-order valence-electron chi connectivity index (χ2n) is 5.41. The fourth-order valence-electron chi connectivity index (χ4n) is 2.69. The van der Waals surface area contributed by atoms with Crippen LogP contribution in [0.5, 0.6) is 0 Å². The topological polar surface area (TPSA) is 74.3 Å². The smallest absolute Gasteiger partial charge is 0.247 e. The molecule has 1 aromatic carbocycles. The molecule has 1 aliphatic rings. The molecular weight excluding hydrogens is 312 g/mol. The first-order valence-electron chi connectivity index (χ1n) is 7.48. The SMILES string of the molecule is CC(=O)Nc1ccc(NC(=O)[C@@H]2CCCN2c2nccs2)cc1. The van der Waals surface area contributed by atoms with E-state index in [-0.39, 0.29) is 17.9 Å². The second kappa shape index (κ2) is 6.78. The van der Waals surface area contributed by atoms with Gasteiger partial charge in [0.15, 0.2) is 5.13 Å². The Morgan fingerprint density at radius 3 is 2.52 bits per heavy atom. The molecule has 3 rings (SSSR count). The lowest BCUT2D eigenvalue weighted by Gasteiger charge is -2.23. The number of thiazole rings is 1. The molecule has 2 N–H and O–H groups in total. The van der Waals surface area contributed by atoms with Crippen LogP contribution >= 0.6 is 11.3 Å². The van der Waals surface area contributed by atoms with Crippen LogP contribution in [0.3, 0.4) is 0 Å². The van der Waals surface area contributed by atoms with E-state index < -0.39 is 0 Å². The Kier molecular flexibility index (Phi) is 4.57. The van der Waals surface area contributed by atoms with Gasteiger partial charge >= 0.3 is 0 Å². The Morgan fingerprint density at radius 2 is 1.91 bits per heavy atom. The summed E-state index contributed by atoms with van der Waals surface area (Å²) < 4.78 is 0. The minimum absolute atomic E-state index is 0.0232. The van der Waals surface area contributed by atoms with E-state index in [1.807, 2.05) is 5.38 Å². The van der Waals surface area contributed by atoms with Gasteiger partial charge in [-0.1, -0.05) is 0 Å². The number of benzene rings is 1. The molecule has 0 spiro atoms. The van der Waals surface area contributed by atoms with Crippen molar-refractivity contribution in [3.8, 4) is 0 Å². The number of hydrogen-bond acceptors (Lipinski definition) is 5. The van der Waals surface area contributed by atoms with E-state index in [1.54, 1.807) is 41.8 Å². The number of nitrogens with zero attached hydrogens (tertiary/aromatic N) is 2. The first-order chi connectivity index (χ1) is 11.1. The molecule has 0 aliphatic carbocycles. The quantitative estimate of drug-likeness (QED) is 0.904. The molecule has 23 heavy (non-hydrogen) atoms. The van der Waals surface area contributed by atoms with Gasteiger partial charge in [-0.3, -0.25) is 9.59 Å². The summed E-state index contributed by atoms with van der Waals surface area (Å²) in [7, 11) is 0. The number of carbonyl (C=O) groups is 2. The van der Waals surface area contributed by atoms with Crippen molar-refractivity contribution in [2.75, 3.05) is 22.1 Å². The molecule has 6 nitrogen and oxygen atoms in total. The lowest BCUT2D eigenvalue weighted by molar-refractivity contribution is -0.117. The van der Waals surface area contributed by atoms with Crippen LogP contribution < -0.4 is 15.5 Å². The molecule has 2 heterocycles. The standard InChI is InChI=1S/C16H18N4O2S/c1-11(21)18-12-4-6-13(7-5-12)19-15(22)14-3-2-9-20(14)16-17-8-10-23-16/h4-8,10,14H,2-3,9H2,1H3,(H,18,21)(H,19,22)/t14-/m0/s1. The van der Waals surface area contributed by atoms with Crippen LogP contribution in [0.25, 0.3) is 0 Å². The maximum absolute atomic E-state index is 12.5. The highest BCUT2D eigenvalue weighted by Crippen LogP contribution is 2.28. The summed E-state index contributed by atoms with van der Waals surface area (Å²) in [4.78, 5) is 29.9. The van der Waals surface area contributed by atoms with Gasteiger partial charge in [-0.15, -0.1) is 11.3 Å². The highest BCUT2D eigenvalue weighted by atomic mass is 32.1.